The number of carbonyl (C=O) groups is 2. The number of rotatable bonds is 9. The van der Waals surface area contributed by atoms with Crippen LogP contribution in [-0.4, -0.2) is 32.1 Å². The van der Waals surface area contributed by atoms with Crippen LogP contribution < -0.4 is 19.7 Å². The average molecular weight is 497 g/mol. The fraction of sp³-hybridized carbons (Fsp3) is 0.333. The van der Waals surface area contributed by atoms with E-state index in [2.05, 4.69) is 5.32 Å². The number of halogens is 1. The summed E-state index contributed by atoms with van der Waals surface area (Å²) in [7, 11) is 3.02. The van der Waals surface area contributed by atoms with Crippen LogP contribution in [0.4, 0.5) is 10.1 Å². The summed E-state index contributed by atoms with van der Waals surface area (Å²) in [6.45, 7) is 0. The molecule has 184 valence electrons. The van der Waals surface area contributed by atoms with E-state index in [1.807, 2.05) is 17.5 Å². The second-order valence-corrected chi connectivity index (χ2v) is 9.51. The number of methoxy groups -OCH3 is 2. The van der Waals surface area contributed by atoms with Crippen molar-refractivity contribution in [3.05, 3.63) is 76.2 Å². The molecule has 0 radical (unpaired) electrons. The monoisotopic (exact) mass is 496 g/mol. The second kappa shape index (κ2) is 11.4. The van der Waals surface area contributed by atoms with Crippen molar-refractivity contribution in [2.45, 2.75) is 44.2 Å². The summed E-state index contributed by atoms with van der Waals surface area (Å²) in [5, 5.41) is 4.96. The Morgan fingerprint density at radius 3 is 2.46 bits per heavy atom. The third-order valence-corrected chi connectivity index (χ3v) is 7.10. The second-order valence-electron chi connectivity index (χ2n) is 8.47. The van der Waals surface area contributed by atoms with Crippen LogP contribution in [0.1, 0.15) is 42.2 Å². The molecule has 1 fully saturated rings. The number of benzene rings is 2. The molecule has 0 saturated heterocycles. The number of ether oxygens (including phenoxy) is 2. The lowest BCUT2D eigenvalue weighted by atomic mass is 10.0. The van der Waals surface area contributed by atoms with Crippen LogP contribution in [-0.2, 0) is 16.0 Å². The van der Waals surface area contributed by atoms with E-state index in [4.69, 9.17) is 9.47 Å². The Hall–Kier alpha value is -3.39. The Morgan fingerprint density at radius 1 is 1.06 bits per heavy atom. The quantitative estimate of drug-likeness (QED) is 0.438. The van der Waals surface area contributed by atoms with Crippen molar-refractivity contribution in [3.8, 4) is 11.5 Å². The summed E-state index contributed by atoms with van der Waals surface area (Å²) in [6, 6.07) is 13.7. The molecule has 35 heavy (non-hydrogen) atoms. The van der Waals surface area contributed by atoms with Crippen molar-refractivity contribution >= 4 is 28.8 Å². The maximum absolute atomic E-state index is 15.1. The molecule has 0 unspecified atom stereocenters. The fourth-order valence-electron chi connectivity index (χ4n) is 4.50. The smallest absolute Gasteiger partial charge is 0.248 e. The molecule has 2 aromatic carbocycles. The predicted octanol–water partition coefficient (Wildman–Crippen LogP) is 5.28. The van der Waals surface area contributed by atoms with Crippen molar-refractivity contribution < 1.29 is 23.5 Å². The van der Waals surface area contributed by atoms with E-state index in [1.54, 1.807) is 36.4 Å². The summed E-state index contributed by atoms with van der Waals surface area (Å²) in [5.41, 5.74) is 0.552. The highest BCUT2D eigenvalue weighted by atomic mass is 32.1. The third kappa shape index (κ3) is 5.65. The molecule has 0 bridgehead atoms. The number of hydrogen-bond donors (Lipinski definition) is 1. The number of hydrogen-bond acceptors (Lipinski definition) is 5. The van der Waals surface area contributed by atoms with E-state index < -0.39 is 17.8 Å². The van der Waals surface area contributed by atoms with Crippen molar-refractivity contribution in [2.75, 3.05) is 19.1 Å². The molecule has 1 saturated carbocycles. The Labute approximate surface area is 208 Å². The molecule has 6 nitrogen and oxygen atoms in total. The first kappa shape index (κ1) is 24.7. The number of amides is 2. The van der Waals surface area contributed by atoms with Gasteiger partial charge in [-0.15, -0.1) is 11.3 Å². The van der Waals surface area contributed by atoms with Crippen molar-refractivity contribution in [3.63, 3.8) is 0 Å². The summed E-state index contributed by atoms with van der Waals surface area (Å²) >= 11 is 1.46. The minimum atomic E-state index is -1.19. The lowest BCUT2D eigenvalue weighted by Gasteiger charge is -2.33. The van der Waals surface area contributed by atoms with Crippen LogP contribution in [0.5, 0.6) is 11.5 Å². The largest absolute Gasteiger partial charge is 0.493 e. The predicted molar refractivity (Wildman–Crippen MR) is 135 cm³/mol. The van der Waals surface area contributed by atoms with E-state index in [-0.39, 0.29) is 23.9 Å². The van der Waals surface area contributed by atoms with Crippen molar-refractivity contribution in [1.82, 2.24) is 5.32 Å². The van der Waals surface area contributed by atoms with E-state index in [0.29, 0.717) is 17.2 Å². The first-order valence-electron chi connectivity index (χ1n) is 11.6. The zero-order chi connectivity index (χ0) is 24.8. The van der Waals surface area contributed by atoms with Gasteiger partial charge in [-0.2, -0.15) is 0 Å². The van der Waals surface area contributed by atoms with Gasteiger partial charge in [0.25, 0.3) is 0 Å². The van der Waals surface area contributed by atoms with E-state index >= 15 is 4.39 Å². The van der Waals surface area contributed by atoms with Crippen LogP contribution in [0.25, 0.3) is 0 Å². The van der Waals surface area contributed by atoms with Gasteiger partial charge in [-0.05, 0) is 42.5 Å². The highest BCUT2D eigenvalue weighted by Gasteiger charge is 2.36. The minimum absolute atomic E-state index is 0.0106. The standard InChI is InChI=1S/C27H29FN2O4S/c1-33-23-14-13-19(16-24(23)34-2)30(25(31)17-20-10-7-15-35-20)26(21-11-5-6-12-22(21)28)27(32)29-18-8-3-4-9-18/h5-7,10-16,18,26H,3-4,8-9,17H2,1-2H3,(H,29,32)/t26-/m0/s1. The number of nitrogens with one attached hydrogen (secondary N) is 1. The van der Waals surface area contributed by atoms with Gasteiger partial charge in [-0.1, -0.05) is 37.1 Å². The average Bonchev–Trinajstić information content (AvgIpc) is 3.57. The lowest BCUT2D eigenvalue weighted by Crippen LogP contribution is -2.47. The fourth-order valence-corrected chi connectivity index (χ4v) is 5.20. The molecule has 1 aliphatic carbocycles. The summed E-state index contributed by atoms with van der Waals surface area (Å²) < 4.78 is 25.9. The Morgan fingerprint density at radius 2 is 1.80 bits per heavy atom. The number of nitrogens with zero attached hydrogens (tertiary/aromatic N) is 1. The molecule has 4 rings (SSSR count). The van der Waals surface area contributed by atoms with Crippen molar-refractivity contribution in [1.29, 1.82) is 0 Å². The molecule has 0 spiro atoms. The van der Waals surface area contributed by atoms with Gasteiger partial charge in [0, 0.05) is 28.2 Å². The Bertz CT molecular complexity index is 1160. The van der Waals surface area contributed by atoms with Crippen LogP contribution >= 0.6 is 11.3 Å². The molecule has 1 N–H and O–H groups in total. The van der Waals surface area contributed by atoms with Crippen LogP contribution in [0.3, 0.4) is 0 Å². The number of anilines is 1. The normalized spacial score (nSPS) is 14.4. The molecular weight excluding hydrogens is 467 g/mol. The van der Waals surface area contributed by atoms with Crippen LogP contribution in [0.15, 0.2) is 60.0 Å². The number of carbonyl (C=O) groups excluding carboxylic acids is 2. The Kier molecular flexibility index (Phi) is 8.02. The van der Waals surface area contributed by atoms with Gasteiger partial charge in [0.15, 0.2) is 11.5 Å². The van der Waals surface area contributed by atoms with Crippen LogP contribution in [0, 0.1) is 5.82 Å². The number of thiophene rings is 1. The highest BCUT2D eigenvalue weighted by Crippen LogP contribution is 2.37. The van der Waals surface area contributed by atoms with E-state index in [1.165, 1.54) is 36.5 Å². The molecule has 1 aromatic heterocycles. The molecule has 1 atom stereocenters. The SMILES string of the molecule is COc1ccc(N(C(=O)Cc2cccs2)[C@H](C(=O)NC2CCCC2)c2ccccc2F)cc1OC. The molecule has 2 amide bonds. The third-order valence-electron chi connectivity index (χ3n) is 6.23. The molecule has 1 aliphatic rings. The molecule has 1 heterocycles. The minimum Gasteiger partial charge on any atom is -0.493 e. The molecular formula is C27H29FN2O4S. The topological polar surface area (TPSA) is 67.9 Å². The van der Waals surface area contributed by atoms with Gasteiger partial charge < -0.3 is 14.8 Å². The molecule has 0 aliphatic heterocycles. The summed E-state index contributed by atoms with van der Waals surface area (Å²) in [4.78, 5) is 29.7. The Balaban J connectivity index is 1.82. The van der Waals surface area contributed by atoms with E-state index in [9.17, 15) is 9.59 Å². The van der Waals surface area contributed by atoms with Gasteiger partial charge in [0.2, 0.25) is 11.8 Å². The summed E-state index contributed by atoms with van der Waals surface area (Å²) in [5.74, 6) is -0.388. The van der Waals surface area contributed by atoms with Gasteiger partial charge in [-0.3, -0.25) is 14.5 Å². The highest BCUT2D eigenvalue weighted by molar-refractivity contribution is 7.10. The van der Waals surface area contributed by atoms with Gasteiger partial charge in [-0.25, -0.2) is 4.39 Å². The van der Waals surface area contributed by atoms with Gasteiger partial charge >= 0.3 is 0 Å². The maximum Gasteiger partial charge on any atom is 0.248 e. The van der Waals surface area contributed by atoms with Gasteiger partial charge in [0.05, 0.1) is 20.6 Å². The first-order chi connectivity index (χ1) is 17.0. The lowest BCUT2D eigenvalue weighted by molar-refractivity contribution is -0.127. The first-order valence-corrected chi connectivity index (χ1v) is 12.5. The molecule has 3 aromatic rings. The summed E-state index contributed by atoms with van der Waals surface area (Å²) in [6.07, 6.45) is 3.89. The van der Waals surface area contributed by atoms with Gasteiger partial charge in [0.1, 0.15) is 11.9 Å². The maximum atomic E-state index is 15.1. The zero-order valence-corrected chi connectivity index (χ0v) is 20.6. The molecule has 8 heteroatoms. The zero-order valence-electron chi connectivity index (χ0n) is 19.8. The van der Waals surface area contributed by atoms with Crippen LogP contribution in [0.2, 0.25) is 0 Å². The van der Waals surface area contributed by atoms with E-state index in [0.717, 1.165) is 30.6 Å². The van der Waals surface area contributed by atoms with Crippen molar-refractivity contribution in [2.24, 2.45) is 0 Å².